The number of nitrogens with one attached hydrogen (secondary N) is 1. The lowest BCUT2D eigenvalue weighted by atomic mass is 10.1. The van der Waals surface area contributed by atoms with Crippen LogP contribution in [0.5, 0.6) is 0 Å². The summed E-state index contributed by atoms with van der Waals surface area (Å²) < 4.78 is 1.94. The summed E-state index contributed by atoms with van der Waals surface area (Å²) in [5, 5.41) is 15.5. The van der Waals surface area contributed by atoms with E-state index in [9.17, 15) is 4.79 Å². The Hall–Kier alpha value is -2.39. The lowest BCUT2D eigenvalue weighted by molar-refractivity contribution is -0.129. The lowest BCUT2D eigenvalue weighted by Crippen LogP contribution is -2.36. The van der Waals surface area contributed by atoms with Gasteiger partial charge in [0.1, 0.15) is 0 Å². The first-order valence-corrected chi connectivity index (χ1v) is 11.6. The van der Waals surface area contributed by atoms with E-state index in [0.29, 0.717) is 12.3 Å². The zero-order valence-corrected chi connectivity index (χ0v) is 18.0. The summed E-state index contributed by atoms with van der Waals surface area (Å²) in [5.74, 6) is 1.41. The summed E-state index contributed by atoms with van der Waals surface area (Å²) in [5.41, 5.74) is 2.07. The van der Waals surface area contributed by atoms with E-state index >= 15 is 0 Å². The Balaban J connectivity index is 1.31. The van der Waals surface area contributed by atoms with Crippen molar-refractivity contribution < 1.29 is 4.79 Å². The zero-order valence-electron chi connectivity index (χ0n) is 16.4. The summed E-state index contributed by atoms with van der Waals surface area (Å²) in [7, 11) is 1.93. The van der Waals surface area contributed by atoms with Crippen LogP contribution in [-0.2, 0) is 18.4 Å². The molecule has 0 spiro atoms. The number of carbonyl (C=O) groups excluding carboxylic acids is 1. The number of benzene rings is 1. The second-order valence-electron chi connectivity index (χ2n) is 6.95. The topological polar surface area (TPSA) is 75.9 Å². The maximum atomic E-state index is 12.3. The first-order chi connectivity index (χ1) is 14.2. The van der Waals surface area contributed by atoms with E-state index < -0.39 is 0 Å². The zero-order chi connectivity index (χ0) is 20.1. The maximum absolute atomic E-state index is 12.3. The summed E-state index contributed by atoms with van der Waals surface area (Å²) in [4.78, 5) is 18.9. The standard InChI is InChI=1S/C20H24N6OS2/c1-25-17(12-21-19-22-16(13-28-19)15-8-4-2-5-9-15)23-24-20(25)29-14-18(27)26-10-6-3-7-11-26/h2,4-5,8-9,13H,3,6-7,10-12,14H2,1H3,(H,21,22). The smallest absolute Gasteiger partial charge is 0.233 e. The van der Waals surface area contributed by atoms with Gasteiger partial charge in [0, 0.05) is 31.1 Å². The number of likely N-dealkylation sites (tertiary alicyclic amines) is 1. The average molecular weight is 429 g/mol. The summed E-state index contributed by atoms with van der Waals surface area (Å²) in [6.07, 6.45) is 3.44. The van der Waals surface area contributed by atoms with Gasteiger partial charge in [0.05, 0.1) is 18.0 Å². The number of aromatic nitrogens is 4. The fourth-order valence-corrected chi connectivity index (χ4v) is 4.79. The van der Waals surface area contributed by atoms with Crippen molar-refractivity contribution in [3.63, 3.8) is 0 Å². The van der Waals surface area contributed by atoms with Gasteiger partial charge in [0.25, 0.3) is 0 Å². The third kappa shape index (κ3) is 4.97. The van der Waals surface area contributed by atoms with Gasteiger partial charge in [-0.3, -0.25) is 4.79 Å². The van der Waals surface area contributed by atoms with Crippen LogP contribution in [0, 0.1) is 0 Å². The second kappa shape index (κ2) is 9.41. The van der Waals surface area contributed by atoms with Crippen molar-refractivity contribution in [1.82, 2.24) is 24.6 Å². The molecule has 0 radical (unpaired) electrons. The number of amides is 1. The van der Waals surface area contributed by atoms with Crippen molar-refractivity contribution >= 4 is 34.1 Å². The van der Waals surface area contributed by atoms with Crippen molar-refractivity contribution in [2.75, 3.05) is 24.2 Å². The molecule has 1 fully saturated rings. The highest BCUT2D eigenvalue weighted by molar-refractivity contribution is 7.99. The van der Waals surface area contributed by atoms with Gasteiger partial charge in [-0.15, -0.1) is 21.5 Å². The van der Waals surface area contributed by atoms with Gasteiger partial charge < -0.3 is 14.8 Å². The molecule has 1 amide bonds. The first-order valence-electron chi connectivity index (χ1n) is 9.74. The predicted octanol–water partition coefficient (Wildman–Crippen LogP) is 3.66. The molecule has 0 atom stereocenters. The van der Waals surface area contributed by atoms with Crippen molar-refractivity contribution in [3.05, 3.63) is 41.5 Å². The molecule has 152 valence electrons. The number of nitrogens with zero attached hydrogens (tertiary/aromatic N) is 5. The number of anilines is 1. The highest BCUT2D eigenvalue weighted by Gasteiger charge is 2.18. The molecule has 3 aromatic rings. The Morgan fingerprint density at radius 2 is 1.97 bits per heavy atom. The van der Waals surface area contributed by atoms with Crippen molar-refractivity contribution in [2.24, 2.45) is 7.05 Å². The van der Waals surface area contributed by atoms with Gasteiger partial charge >= 0.3 is 0 Å². The molecule has 0 unspecified atom stereocenters. The van der Waals surface area contributed by atoms with Crippen LogP contribution in [0.3, 0.4) is 0 Å². The third-order valence-electron chi connectivity index (χ3n) is 4.93. The van der Waals surface area contributed by atoms with E-state index in [2.05, 4.69) is 32.6 Å². The summed E-state index contributed by atoms with van der Waals surface area (Å²) >= 11 is 3.02. The van der Waals surface area contributed by atoms with Gasteiger partial charge in [0.15, 0.2) is 16.1 Å². The molecule has 9 heteroatoms. The Morgan fingerprint density at radius 3 is 2.76 bits per heavy atom. The van der Waals surface area contributed by atoms with Crippen molar-refractivity contribution in [2.45, 2.75) is 31.0 Å². The molecule has 29 heavy (non-hydrogen) atoms. The van der Waals surface area contributed by atoms with Crippen LogP contribution in [-0.4, -0.2) is 49.4 Å². The fraction of sp³-hybridized carbons (Fsp3) is 0.400. The minimum absolute atomic E-state index is 0.189. The normalized spacial score (nSPS) is 14.2. The number of thiazole rings is 1. The quantitative estimate of drug-likeness (QED) is 0.579. The van der Waals surface area contributed by atoms with Crippen LogP contribution in [0.4, 0.5) is 5.13 Å². The highest BCUT2D eigenvalue weighted by Crippen LogP contribution is 2.25. The average Bonchev–Trinajstić information content (AvgIpc) is 3.38. The molecule has 0 bridgehead atoms. The van der Waals surface area contributed by atoms with E-state index in [0.717, 1.165) is 53.3 Å². The molecular weight excluding hydrogens is 404 g/mol. The molecule has 2 aromatic heterocycles. The maximum Gasteiger partial charge on any atom is 0.233 e. The minimum atomic E-state index is 0.189. The highest BCUT2D eigenvalue weighted by atomic mass is 32.2. The van der Waals surface area contributed by atoms with Crippen LogP contribution < -0.4 is 5.32 Å². The van der Waals surface area contributed by atoms with Gasteiger partial charge in [-0.25, -0.2) is 4.98 Å². The number of rotatable bonds is 7. The molecule has 3 heterocycles. The Morgan fingerprint density at radius 1 is 1.17 bits per heavy atom. The molecule has 1 aliphatic heterocycles. The molecule has 1 aromatic carbocycles. The van der Waals surface area contributed by atoms with Crippen molar-refractivity contribution in [3.8, 4) is 11.3 Å². The van der Waals surface area contributed by atoms with E-state index in [4.69, 9.17) is 0 Å². The second-order valence-corrected chi connectivity index (χ2v) is 8.75. The van der Waals surface area contributed by atoms with E-state index in [1.54, 1.807) is 11.3 Å². The van der Waals surface area contributed by atoms with Crippen LogP contribution in [0.2, 0.25) is 0 Å². The molecule has 0 aliphatic carbocycles. The fourth-order valence-electron chi connectivity index (χ4n) is 3.24. The molecule has 1 saturated heterocycles. The molecular formula is C20H24N6OS2. The Labute approximate surface area is 178 Å². The van der Waals surface area contributed by atoms with Crippen LogP contribution in [0.15, 0.2) is 40.9 Å². The number of hydrogen-bond acceptors (Lipinski definition) is 7. The van der Waals surface area contributed by atoms with Crippen LogP contribution in [0.25, 0.3) is 11.3 Å². The molecule has 4 rings (SSSR count). The molecule has 1 aliphatic rings. The lowest BCUT2D eigenvalue weighted by Gasteiger charge is -2.26. The van der Waals surface area contributed by atoms with Gasteiger partial charge in [-0.05, 0) is 19.3 Å². The molecule has 1 N–H and O–H groups in total. The molecule has 7 nitrogen and oxygen atoms in total. The third-order valence-corrected chi connectivity index (χ3v) is 6.74. The molecule has 0 saturated carbocycles. The van der Waals surface area contributed by atoms with Crippen LogP contribution >= 0.6 is 23.1 Å². The van der Waals surface area contributed by atoms with Crippen LogP contribution in [0.1, 0.15) is 25.1 Å². The summed E-state index contributed by atoms with van der Waals surface area (Å²) in [6.45, 7) is 2.30. The Kier molecular flexibility index (Phi) is 6.46. The predicted molar refractivity (Wildman–Crippen MR) is 117 cm³/mol. The van der Waals surface area contributed by atoms with Gasteiger partial charge in [-0.2, -0.15) is 0 Å². The van der Waals surface area contributed by atoms with Gasteiger partial charge in [-0.1, -0.05) is 42.1 Å². The van der Waals surface area contributed by atoms with Crippen molar-refractivity contribution in [1.29, 1.82) is 0 Å². The largest absolute Gasteiger partial charge is 0.354 e. The monoisotopic (exact) mass is 428 g/mol. The number of thioether (sulfide) groups is 1. The number of piperidine rings is 1. The first kappa shape index (κ1) is 19.9. The number of carbonyl (C=O) groups is 1. The van der Waals surface area contributed by atoms with E-state index in [1.165, 1.54) is 18.2 Å². The van der Waals surface area contributed by atoms with Gasteiger partial charge in [0.2, 0.25) is 5.91 Å². The summed E-state index contributed by atoms with van der Waals surface area (Å²) in [6, 6.07) is 10.1. The number of hydrogen-bond donors (Lipinski definition) is 1. The SMILES string of the molecule is Cn1c(CNc2nc(-c3ccccc3)cs2)nnc1SCC(=O)N1CCCCC1. The minimum Gasteiger partial charge on any atom is -0.354 e. The Bertz CT molecular complexity index is 949. The van der Waals surface area contributed by atoms with E-state index in [-0.39, 0.29) is 5.91 Å². The van der Waals surface area contributed by atoms with E-state index in [1.807, 2.05) is 40.1 Å².